The summed E-state index contributed by atoms with van der Waals surface area (Å²) in [6, 6.07) is 0.663. The molecule has 1 N–H and O–H groups in total. The van der Waals surface area contributed by atoms with Gasteiger partial charge in [-0.3, -0.25) is 4.90 Å². The van der Waals surface area contributed by atoms with E-state index in [0.717, 1.165) is 25.6 Å². The third-order valence-electron chi connectivity index (χ3n) is 2.73. The molecule has 0 aromatic heterocycles. The van der Waals surface area contributed by atoms with Crippen LogP contribution in [0.3, 0.4) is 0 Å². The quantitative estimate of drug-likeness (QED) is 0.642. The average Bonchev–Trinajstić information content (AvgIpc) is 2.32. The number of likely N-dealkylation sites (tertiary alicyclic amines) is 1. The topological polar surface area (TPSA) is 26.7 Å². The fraction of sp³-hybridized carbons (Fsp3) is 1.00. The van der Waals surface area contributed by atoms with Crippen LogP contribution in [0.1, 0.15) is 6.92 Å². The van der Waals surface area contributed by atoms with E-state index in [0.29, 0.717) is 6.04 Å². The molecule has 0 spiro atoms. The zero-order valence-corrected chi connectivity index (χ0v) is 8.32. The van der Waals surface area contributed by atoms with Crippen LogP contribution < -0.4 is 0 Å². The lowest BCUT2D eigenvalue weighted by atomic mass is 10.1. The summed E-state index contributed by atoms with van der Waals surface area (Å²) in [6.45, 7) is 5.63. The van der Waals surface area contributed by atoms with Crippen LogP contribution in [0.15, 0.2) is 0 Å². The Hall–Kier alpha value is -0.120. The molecule has 1 fully saturated rings. The number of β-amino-alcohol motifs (C(OH)–C–C–N with tert-alkyl or cyclic N) is 1. The lowest BCUT2D eigenvalue weighted by molar-refractivity contribution is 0.208. The first kappa shape index (κ1) is 9.96. The molecule has 0 bridgehead atoms. The standard InChI is InChI=1S/C9H20N2O/c1-8-6-11(4-5-12)7-9(8)10(2)3/h8-9,12H,4-7H2,1-3H3. The van der Waals surface area contributed by atoms with Gasteiger partial charge in [0.1, 0.15) is 0 Å². The zero-order chi connectivity index (χ0) is 9.14. The summed E-state index contributed by atoms with van der Waals surface area (Å²) in [4.78, 5) is 4.61. The van der Waals surface area contributed by atoms with Crippen molar-refractivity contribution in [1.29, 1.82) is 0 Å². The minimum atomic E-state index is 0.285. The van der Waals surface area contributed by atoms with Crippen molar-refractivity contribution in [2.75, 3.05) is 40.3 Å². The number of likely N-dealkylation sites (N-methyl/N-ethyl adjacent to an activating group) is 1. The van der Waals surface area contributed by atoms with Crippen molar-refractivity contribution >= 4 is 0 Å². The van der Waals surface area contributed by atoms with E-state index in [9.17, 15) is 0 Å². The van der Waals surface area contributed by atoms with Gasteiger partial charge in [-0.2, -0.15) is 0 Å². The molecule has 1 heterocycles. The Morgan fingerprint density at radius 2 is 2.08 bits per heavy atom. The van der Waals surface area contributed by atoms with Crippen LogP contribution >= 0.6 is 0 Å². The second-order valence-corrected chi connectivity index (χ2v) is 3.99. The third-order valence-corrected chi connectivity index (χ3v) is 2.73. The SMILES string of the molecule is CC1CN(CCO)CC1N(C)C. The van der Waals surface area contributed by atoms with Gasteiger partial charge in [0.25, 0.3) is 0 Å². The average molecular weight is 172 g/mol. The van der Waals surface area contributed by atoms with Crippen LogP contribution in [0.25, 0.3) is 0 Å². The van der Waals surface area contributed by atoms with E-state index in [1.807, 2.05) is 0 Å². The molecular weight excluding hydrogens is 152 g/mol. The fourth-order valence-electron chi connectivity index (χ4n) is 2.04. The smallest absolute Gasteiger partial charge is 0.0558 e. The van der Waals surface area contributed by atoms with Gasteiger partial charge in [-0.05, 0) is 20.0 Å². The Bertz CT molecular complexity index is 138. The molecule has 1 aliphatic rings. The first-order valence-electron chi connectivity index (χ1n) is 4.64. The first-order chi connectivity index (χ1) is 5.65. The number of aliphatic hydroxyl groups is 1. The molecule has 2 atom stereocenters. The molecule has 2 unspecified atom stereocenters. The van der Waals surface area contributed by atoms with Crippen molar-refractivity contribution in [3.05, 3.63) is 0 Å². The summed E-state index contributed by atoms with van der Waals surface area (Å²) < 4.78 is 0. The second-order valence-electron chi connectivity index (χ2n) is 3.99. The van der Waals surface area contributed by atoms with Gasteiger partial charge in [-0.25, -0.2) is 0 Å². The van der Waals surface area contributed by atoms with Crippen molar-refractivity contribution in [1.82, 2.24) is 9.80 Å². The van der Waals surface area contributed by atoms with Gasteiger partial charge in [0.2, 0.25) is 0 Å². The molecule has 0 amide bonds. The van der Waals surface area contributed by atoms with E-state index in [4.69, 9.17) is 5.11 Å². The van der Waals surface area contributed by atoms with Crippen LogP contribution in [0.2, 0.25) is 0 Å². The highest BCUT2D eigenvalue weighted by molar-refractivity contribution is 4.86. The van der Waals surface area contributed by atoms with E-state index in [1.54, 1.807) is 0 Å². The van der Waals surface area contributed by atoms with Gasteiger partial charge < -0.3 is 10.0 Å². The van der Waals surface area contributed by atoms with Crippen LogP contribution in [0.5, 0.6) is 0 Å². The van der Waals surface area contributed by atoms with Gasteiger partial charge in [-0.15, -0.1) is 0 Å². The van der Waals surface area contributed by atoms with E-state index >= 15 is 0 Å². The van der Waals surface area contributed by atoms with E-state index in [2.05, 4.69) is 30.8 Å². The van der Waals surface area contributed by atoms with Crippen molar-refractivity contribution in [3.63, 3.8) is 0 Å². The molecule has 0 radical (unpaired) electrons. The highest BCUT2D eigenvalue weighted by Crippen LogP contribution is 2.18. The van der Waals surface area contributed by atoms with Crippen molar-refractivity contribution in [2.24, 2.45) is 5.92 Å². The Morgan fingerprint density at radius 3 is 2.50 bits per heavy atom. The Labute approximate surface area is 75.0 Å². The molecule has 3 heteroatoms. The highest BCUT2D eigenvalue weighted by Gasteiger charge is 2.30. The lowest BCUT2D eigenvalue weighted by Gasteiger charge is -2.22. The normalized spacial score (nSPS) is 31.8. The number of nitrogens with zero attached hydrogens (tertiary/aromatic N) is 2. The van der Waals surface area contributed by atoms with Crippen molar-refractivity contribution in [2.45, 2.75) is 13.0 Å². The van der Waals surface area contributed by atoms with E-state index in [-0.39, 0.29) is 6.61 Å². The molecule has 72 valence electrons. The maximum Gasteiger partial charge on any atom is 0.0558 e. The van der Waals surface area contributed by atoms with Gasteiger partial charge in [-0.1, -0.05) is 6.92 Å². The van der Waals surface area contributed by atoms with Gasteiger partial charge in [0.15, 0.2) is 0 Å². The lowest BCUT2D eigenvalue weighted by Crippen LogP contribution is -2.34. The summed E-state index contributed by atoms with van der Waals surface area (Å²) in [5, 5.41) is 8.78. The van der Waals surface area contributed by atoms with Gasteiger partial charge in [0, 0.05) is 25.7 Å². The van der Waals surface area contributed by atoms with Gasteiger partial charge in [0.05, 0.1) is 6.61 Å². The Balaban J connectivity index is 2.39. The molecule has 0 aromatic carbocycles. The summed E-state index contributed by atoms with van der Waals surface area (Å²) in [5.74, 6) is 0.728. The Morgan fingerprint density at radius 1 is 1.42 bits per heavy atom. The fourth-order valence-corrected chi connectivity index (χ4v) is 2.04. The van der Waals surface area contributed by atoms with Crippen molar-refractivity contribution in [3.8, 4) is 0 Å². The summed E-state index contributed by atoms with van der Waals surface area (Å²) >= 11 is 0. The molecule has 1 aliphatic heterocycles. The van der Waals surface area contributed by atoms with E-state index in [1.165, 1.54) is 0 Å². The third kappa shape index (κ3) is 2.19. The van der Waals surface area contributed by atoms with Crippen LogP contribution in [0.4, 0.5) is 0 Å². The predicted octanol–water partition coefficient (Wildman–Crippen LogP) is -0.139. The van der Waals surface area contributed by atoms with E-state index < -0.39 is 0 Å². The maximum atomic E-state index is 8.78. The molecule has 0 saturated carbocycles. The summed E-state index contributed by atoms with van der Waals surface area (Å²) in [7, 11) is 4.26. The first-order valence-corrected chi connectivity index (χ1v) is 4.64. The summed E-state index contributed by atoms with van der Waals surface area (Å²) in [5.41, 5.74) is 0. The number of rotatable bonds is 3. The molecule has 1 saturated heterocycles. The molecule has 1 rings (SSSR count). The number of hydrogen-bond donors (Lipinski definition) is 1. The number of aliphatic hydroxyl groups excluding tert-OH is 1. The molecule has 0 aliphatic carbocycles. The Kier molecular flexibility index (Phi) is 3.50. The van der Waals surface area contributed by atoms with Crippen LogP contribution in [-0.2, 0) is 0 Å². The minimum Gasteiger partial charge on any atom is -0.395 e. The van der Waals surface area contributed by atoms with Crippen LogP contribution in [0, 0.1) is 5.92 Å². The minimum absolute atomic E-state index is 0.285. The second kappa shape index (κ2) is 4.21. The summed E-state index contributed by atoms with van der Waals surface area (Å²) in [6.07, 6.45) is 0. The van der Waals surface area contributed by atoms with Crippen LogP contribution in [-0.4, -0.2) is 61.3 Å². The maximum absolute atomic E-state index is 8.78. The molecule has 3 nitrogen and oxygen atoms in total. The molecule has 12 heavy (non-hydrogen) atoms. The predicted molar refractivity (Wildman–Crippen MR) is 50.2 cm³/mol. The zero-order valence-electron chi connectivity index (χ0n) is 8.32. The highest BCUT2D eigenvalue weighted by atomic mass is 16.3. The largest absolute Gasteiger partial charge is 0.395 e. The van der Waals surface area contributed by atoms with Gasteiger partial charge >= 0.3 is 0 Å². The molecule has 0 aromatic rings. The monoisotopic (exact) mass is 172 g/mol. The van der Waals surface area contributed by atoms with Crippen molar-refractivity contribution < 1.29 is 5.11 Å². The number of hydrogen-bond acceptors (Lipinski definition) is 3. The molecular formula is C9H20N2O.